The van der Waals surface area contributed by atoms with Crippen LogP contribution in [0.25, 0.3) is 0 Å². The van der Waals surface area contributed by atoms with Crippen LogP contribution in [0, 0.1) is 0 Å². The Hall–Kier alpha value is -1.94. The molecule has 0 spiro atoms. The molecule has 25 heavy (non-hydrogen) atoms. The van der Waals surface area contributed by atoms with Gasteiger partial charge in [0.25, 0.3) is 0 Å². The maximum atomic E-state index is 12.5. The lowest BCUT2D eigenvalue weighted by atomic mass is 9.98. The molecule has 0 saturated carbocycles. The number of halogens is 3. The molecule has 1 saturated heterocycles. The van der Waals surface area contributed by atoms with E-state index in [0.717, 1.165) is 23.3 Å². The first-order valence-corrected chi connectivity index (χ1v) is 8.75. The molecule has 1 aromatic heterocycles. The van der Waals surface area contributed by atoms with Gasteiger partial charge in [0.2, 0.25) is 0 Å². The third kappa shape index (κ3) is 3.28. The lowest BCUT2D eigenvalue weighted by molar-refractivity contribution is -0.940. The third-order valence-electron chi connectivity index (χ3n) is 4.56. The molecule has 2 atom stereocenters. The van der Waals surface area contributed by atoms with Crippen LogP contribution in [0.2, 0.25) is 0 Å². The van der Waals surface area contributed by atoms with Gasteiger partial charge < -0.3 is 4.90 Å². The number of nitrogens with zero attached hydrogens (tertiary/aromatic N) is 2. The summed E-state index contributed by atoms with van der Waals surface area (Å²) in [5.41, 5.74) is 1.14. The van der Waals surface area contributed by atoms with Crippen LogP contribution in [0.3, 0.4) is 0 Å². The molecule has 4 amide bonds. The largest absolute Gasteiger partial charge is 0.406 e. The molecule has 136 valence electrons. The number of thiophene rings is 1. The minimum atomic E-state index is -4.74. The zero-order valence-corrected chi connectivity index (χ0v) is 14.2. The second-order valence-corrected chi connectivity index (χ2v) is 7.10. The molecular weight excluding hydrogens is 359 g/mol. The van der Waals surface area contributed by atoms with Crippen molar-refractivity contribution in [1.82, 2.24) is 9.80 Å². The van der Waals surface area contributed by atoms with Crippen LogP contribution in [-0.4, -0.2) is 53.6 Å². The summed E-state index contributed by atoms with van der Waals surface area (Å²) >= 11 is 1.65. The predicted molar refractivity (Wildman–Crippen MR) is 81.8 cm³/mol. The van der Waals surface area contributed by atoms with Gasteiger partial charge in [-0.3, -0.25) is 9.59 Å². The summed E-state index contributed by atoms with van der Waals surface area (Å²) in [5, 5.41) is 1.98. The predicted octanol–water partition coefficient (Wildman–Crippen LogP) is 0.951. The highest BCUT2D eigenvalue weighted by Gasteiger charge is 2.50. The number of alkyl halides is 3. The first kappa shape index (κ1) is 17.9. The van der Waals surface area contributed by atoms with E-state index in [4.69, 9.17) is 0 Å². The standard InChI is InChI=1S/C15H16F3N3O3S/c1-2-10-9-4-6-25-11(9)3-5-19(10)8-21-13(23)12(22)20(14(21)24)7-15(16,17)18/h4,6,10H,2-3,5,7-8H2,1H3/p+1/t10-/m1/s1. The molecule has 3 rings (SSSR count). The number of quaternary nitrogens is 1. The van der Waals surface area contributed by atoms with Gasteiger partial charge in [0, 0.05) is 23.3 Å². The summed E-state index contributed by atoms with van der Waals surface area (Å²) in [4.78, 5) is 38.7. The molecule has 1 fully saturated rings. The lowest BCUT2D eigenvalue weighted by Gasteiger charge is -2.33. The van der Waals surface area contributed by atoms with E-state index < -0.39 is 30.6 Å². The van der Waals surface area contributed by atoms with Gasteiger partial charge in [-0.15, -0.1) is 11.3 Å². The molecule has 10 heteroatoms. The Morgan fingerprint density at radius 1 is 1.24 bits per heavy atom. The van der Waals surface area contributed by atoms with Gasteiger partial charge in [0.05, 0.1) is 6.54 Å². The fraction of sp³-hybridized carbons (Fsp3) is 0.533. The number of hydrogen-bond donors (Lipinski definition) is 1. The molecule has 0 aliphatic carbocycles. The van der Waals surface area contributed by atoms with E-state index in [9.17, 15) is 27.6 Å². The van der Waals surface area contributed by atoms with E-state index in [2.05, 4.69) is 0 Å². The van der Waals surface area contributed by atoms with Crippen molar-refractivity contribution in [2.45, 2.75) is 32.0 Å². The Balaban J connectivity index is 1.78. The molecule has 6 nitrogen and oxygen atoms in total. The molecule has 1 N–H and O–H groups in total. The van der Waals surface area contributed by atoms with Crippen LogP contribution in [0.15, 0.2) is 11.4 Å². The topological polar surface area (TPSA) is 62.1 Å². The number of urea groups is 1. The van der Waals surface area contributed by atoms with Crippen molar-refractivity contribution in [2.24, 2.45) is 0 Å². The number of carbonyl (C=O) groups is 3. The summed E-state index contributed by atoms with van der Waals surface area (Å²) in [6.07, 6.45) is -3.21. The number of carbonyl (C=O) groups excluding carboxylic acids is 3. The van der Waals surface area contributed by atoms with Gasteiger partial charge in [-0.2, -0.15) is 13.2 Å². The molecular formula is C15H17F3N3O3S+. The van der Waals surface area contributed by atoms with Crippen molar-refractivity contribution in [3.8, 4) is 0 Å². The Morgan fingerprint density at radius 2 is 1.92 bits per heavy atom. The summed E-state index contributed by atoms with van der Waals surface area (Å²) < 4.78 is 37.6. The quantitative estimate of drug-likeness (QED) is 0.629. The van der Waals surface area contributed by atoms with E-state index in [1.165, 1.54) is 4.88 Å². The molecule has 0 radical (unpaired) electrons. The van der Waals surface area contributed by atoms with Crippen LogP contribution >= 0.6 is 11.3 Å². The second-order valence-electron chi connectivity index (χ2n) is 6.10. The summed E-state index contributed by atoms with van der Waals surface area (Å²) in [7, 11) is 0. The highest BCUT2D eigenvalue weighted by molar-refractivity contribution is 7.10. The first-order valence-electron chi connectivity index (χ1n) is 7.87. The number of hydrogen-bond acceptors (Lipinski definition) is 4. The molecule has 0 aromatic carbocycles. The smallest absolute Gasteiger partial charge is 0.311 e. The van der Waals surface area contributed by atoms with Crippen LogP contribution in [-0.2, 0) is 16.0 Å². The fourth-order valence-electron chi connectivity index (χ4n) is 3.44. The maximum Gasteiger partial charge on any atom is 0.406 e. The van der Waals surface area contributed by atoms with Gasteiger partial charge in [-0.1, -0.05) is 6.92 Å². The number of imide groups is 2. The summed E-state index contributed by atoms with van der Waals surface area (Å²) in [6.45, 7) is 0.780. The zero-order valence-electron chi connectivity index (χ0n) is 13.4. The summed E-state index contributed by atoms with van der Waals surface area (Å²) in [5.74, 6) is -2.60. The Labute approximate surface area is 145 Å². The number of amides is 4. The Morgan fingerprint density at radius 3 is 2.56 bits per heavy atom. The summed E-state index contributed by atoms with van der Waals surface area (Å²) in [6, 6.07) is 0.857. The maximum absolute atomic E-state index is 12.5. The van der Waals surface area contributed by atoms with E-state index >= 15 is 0 Å². The van der Waals surface area contributed by atoms with Crippen molar-refractivity contribution in [1.29, 1.82) is 0 Å². The van der Waals surface area contributed by atoms with Crippen LogP contribution in [0.4, 0.5) is 18.0 Å². The van der Waals surface area contributed by atoms with Crippen molar-refractivity contribution >= 4 is 29.2 Å². The normalized spacial score (nSPS) is 24.2. The molecule has 3 heterocycles. The highest BCUT2D eigenvalue weighted by atomic mass is 32.1. The highest BCUT2D eigenvalue weighted by Crippen LogP contribution is 2.27. The average Bonchev–Trinajstić information content (AvgIpc) is 3.09. The molecule has 2 aliphatic rings. The SMILES string of the molecule is CC[C@@H]1c2ccsc2CC[NH+]1CN1C(=O)C(=O)N(CC(F)(F)F)C1=O. The average molecular weight is 376 g/mol. The van der Waals surface area contributed by atoms with Crippen LogP contribution in [0.5, 0.6) is 0 Å². The Kier molecular flexibility index (Phi) is 4.58. The molecule has 2 aliphatic heterocycles. The van der Waals surface area contributed by atoms with Gasteiger partial charge >= 0.3 is 24.0 Å². The van der Waals surface area contributed by atoms with Crippen molar-refractivity contribution in [2.75, 3.05) is 19.8 Å². The van der Waals surface area contributed by atoms with Crippen molar-refractivity contribution in [3.63, 3.8) is 0 Å². The van der Waals surface area contributed by atoms with Gasteiger partial charge in [0.1, 0.15) is 12.6 Å². The van der Waals surface area contributed by atoms with Crippen LogP contribution in [0.1, 0.15) is 29.8 Å². The van der Waals surface area contributed by atoms with Crippen molar-refractivity contribution in [3.05, 3.63) is 21.9 Å². The molecule has 1 aromatic rings. The molecule has 0 bridgehead atoms. The minimum Gasteiger partial charge on any atom is -0.311 e. The number of rotatable bonds is 4. The van der Waals surface area contributed by atoms with E-state index in [-0.39, 0.29) is 17.6 Å². The first-order chi connectivity index (χ1) is 11.7. The second kappa shape index (κ2) is 6.41. The van der Waals surface area contributed by atoms with E-state index in [1.807, 2.05) is 18.4 Å². The molecule has 1 unspecified atom stereocenters. The Bertz CT molecular complexity index is 718. The monoisotopic (exact) mass is 376 g/mol. The van der Waals surface area contributed by atoms with E-state index in [0.29, 0.717) is 11.4 Å². The third-order valence-corrected chi connectivity index (χ3v) is 5.56. The fourth-order valence-corrected chi connectivity index (χ4v) is 4.39. The zero-order chi connectivity index (χ0) is 18.4. The van der Waals surface area contributed by atoms with Gasteiger partial charge in [0.15, 0.2) is 6.67 Å². The number of fused-ring (bicyclic) bond motifs is 1. The lowest BCUT2D eigenvalue weighted by Crippen LogP contribution is -3.14. The minimum absolute atomic E-state index is 0.0251. The van der Waals surface area contributed by atoms with Crippen LogP contribution < -0.4 is 4.90 Å². The van der Waals surface area contributed by atoms with E-state index in [1.54, 1.807) is 11.3 Å². The number of nitrogens with one attached hydrogen (secondary N) is 1. The van der Waals surface area contributed by atoms with Gasteiger partial charge in [-0.05, 0) is 11.4 Å². The van der Waals surface area contributed by atoms with Gasteiger partial charge in [-0.25, -0.2) is 14.6 Å². The van der Waals surface area contributed by atoms with Crippen molar-refractivity contribution < 1.29 is 32.5 Å².